The second kappa shape index (κ2) is 13.1. The van der Waals surface area contributed by atoms with Gasteiger partial charge in [-0.05, 0) is 19.1 Å². The lowest BCUT2D eigenvalue weighted by molar-refractivity contribution is -0.175. The molecule has 1 aliphatic rings. The molecule has 0 saturated carbocycles. The lowest BCUT2D eigenvalue weighted by Gasteiger charge is -2.29. The van der Waals surface area contributed by atoms with Crippen LogP contribution in [0.3, 0.4) is 0 Å². The van der Waals surface area contributed by atoms with Crippen LogP contribution in [0.1, 0.15) is 31.3 Å². The number of ether oxygens (including phenoxy) is 4. The smallest absolute Gasteiger partial charge is 0.332 e. The number of carbonyl (C=O) groups excluding carboxylic acids is 4. The van der Waals surface area contributed by atoms with Gasteiger partial charge in [-0.1, -0.05) is 19.9 Å². The molecule has 0 radical (unpaired) electrons. The normalized spacial score (nSPS) is 21.8. The Morgan fingerprint density at radius 2 is 1.95 bits per heavy atom. The van der Waals surface area contributed by atoms with E-state index in [4.69, 9.17) is 18.9 Å². The maximum atomic E-state index is 13.2. The van der Waals surface area contributed by atoms with Crippen LogP contribution in [-0.4, -0.2) is 76.6 Å². The molecule has 1 aliphatic heterocycles. The number of hydrogen-bond acceptors (Lipinski definition) is 12. The minimum absolute atomic E-state index is 0.00491. The predicted molar refractivity (Wildman–Crippen MR) is 133 cm³/mol. The van der Waals surface area contributed by atoms with Gasteiger partial charge in [0.25, 0.3) is 5.91 Å². The van der Waals surface area contributed by atoms with Gasteiger partial charge >= 0.3 is 17.9 Å². The van der Waals surface area contributed by atoms with Crippen molar-refractivity contribution in [3.05, 3.63) is 42.4 Å². The highest BCUT2D eigenvalue weighted by atomic mass is 32.2. The average Bonchev–Trinajstić information content (AvgIpc) is 2.93. The third-order valence-electron chi connectivity index (χ3n) is 5.54. The summed E-state index contributed by atoms with van der Waals surface area (Å²) in [4.78, 5) is 59.5. The van der Waals surface area contributed by atoms with Crippen LogP contribution in [0.25, 0.3) is 0 Å². The minimum Gasteiger partial charge on any atom is -0.503 e. The first-order chi connectivity index (χ1) is 18.1. The van der Waals surface area contributed by atoms with Gasteiger partial charge in [-0.2, -0.15) is 0 Å². The summed E-state index contributed by atoms with van der Waals surface area (Å²) in [6, 6.07) is 5.23. The summed E-state index contributed by atoms with van der Waals surface area (Å²) in [5, 5.41) is 13.2. The highest BCUT2D eigenvalue weighted by Gasteiger charge is 2.42. The van der Waals surface area contributed by atoms with Crippen LogP contribution < -0.4 is 10.1 Å². The van der Waals surface area contributed by atoms with Crippen LogP contribution in [0, 0.1) is 11.8 Å². The van der Waals surface area contributed by atoms with E-state index < -0.39 is 72.0 Å². The number of hydrogen-bond donors (Lipinski definition) is 2. The molecule has 1 unspecified atom stereocenters. The van der Waals surface area contributed by atoms with Crippen LogP contribution in [0.5, 0.6) is 11.5 Å². The molecule has 3 rings (SSSR count). The molecule has 1 saturated heterocycles. The average molecular weight is 548 g/mol. The number of rotatable bonds is 8. The SMILES string of the molecule is COc1ccnc(C(=O)NC2COC(=O)[C@H](CSc3ccccn3)[C@@H](OC(=O)C(C)C)[C@H](C)OC2=O)c1O. The van der Waals surface area contributed by atoms with Crippen molar-refractivity contribution in [2.75, 3.05) is 19.5 Å². The summed E-state index contributed by atoms with van der Waals surface area (Å²) < 4.78 is 21.5. The Morgan fingerprint density at radius 1 is 1.18 bits per heavy atom. The molecule has 2 aromatic rings. The van der Waals surface area contributed by atoms with Crippen molar-refractivity contribution in [1.82, 2.24) is 15.3 Å². The Hall–Kier alpha value is -3.87. The summed E-state index contributed by atoms with van der Waals surface area (Å²) in [6.07, 6.45) is 0.630. The maximum absolute atomic E-state index is 13.2. The standard InChI is InChI=1S/C25H29N3O9S/c1-13(2)23(31)37-21-14(3)36-25(33)16(28-22(30)19-20(29)17(34-4)8-10-27-19)11-35-24(32)15(21)12-38-18-7-5-6-9-26-18/h5-10,13-16,21,29H,11-12H2,1-4H3,(H,28,30)/t14-,15+,16?,21-/m0/s1. The van der Waals surface area contributed by atoms with Gasteiger partial charge in [-0.3, -0.25) is 14.4 Å². The number of methoxy groups -OCH3 is 1. The summed E-state index contributed by atoms with van der Waals surface area (Å²) in [5.41, 5.74) is -0.398. The lowest BCUT2D eigenvalue weighted by Crippen LogP contribution is -2.47. The van der Waals surface area contributed by atoms with E-state index in [0.29, 0.717) is 5.03 Å². The first-order valence-corrected chi connectivity index (χ1v) is 12.7. The van der Waals surface area contributed by atoms with E-state index in [2.05, 4.69) is 15.3 Å². The second-order valence-electron chi connectivity index (χ2n) is 8.65. The zero-order chi connectivity index (χ0) is 27.8. The fourth-order valence-corrected chi connectivity index (χ4v) is 4.43. The van der Waals surface area contributed by atoms with Crippen molar-refractivity contribution in [2.24, 2.45) is 11.8 Å². The molecule has 204 valence electrons. The van der Waals surface area contributed by atoms with Crippen LogP contribution in [0.15, 0.2) is 41.7 Å². The number of thioether (sulfide) groups is 1. The largest absolute Gasteiger partial charge is 0.503 e. The predicted octanol–water partition coefficient (Wildman–Crippen LogP) is 1.75. The molecule has 2 N–H and O–H groups in total. The molecular formula is C25H29N3O9S. The van der Waals surface area contributed by atoms with Gasteiger partial charge in [0.1, 0.15) is 18.6 Å². The van der Waals surface area contributed by atoms with Crippen molar-refractivity contribution in [3.8, 4) is 11.5 Å². The highest BCUT2D eigenvalue weighted by molar-refractivity contribution is 7.99. The van der Waals surface area contributed by atoms with E-state index in [0.717, 1.165) is 0 Å². The third kappa shape index (κ3) is 7.12. The first-order valence-electron chi connectivity index (χ1n) is 11.8. The number of amides is 1. The zero-order valence-electron chi connectivity index (χ0n) is 21.3. The van der Waals surface area contributed by atoms with Crippen molar-refractivity contribution in [1.29, 1.82) is 0 Å². The van der Waals surface area contributed by atoms with Crippen molar-refractivity contribution < 1.29 is 43.2 Å². The Balaban J connectivity index is 1.84. The molecule has 13 heteroatoms. The molecule has 0 aromatic carbocycles. The van der Waals surface area contributed by atoms with Gasteiger partial charge in [0, 0.05) is 24.2 Å². The number of cyclic esters (lactones) is 2. The number of pyridine rings is 2. The Labute approximate surface area is 223 Å². The Morgan fingerprint density at radius 3 is 2.61 bits per heavy atom. The van der Waals surface area contributed by atoms with Crippen LogP contribution in [0.2, 0.25) is 0 Å². The monoisotopic (exact) mass is 547 g/mol. The molecule has 4 atom stereocenters. The molecule has 2 aromatic heterocycles. The molecule has 12 nitrogen and oxygen atoms in total. The minimum atomic E-state index is -1.43. The molecule has 0 bridgehead atoms. The summed E-state index contributed by atoms with van der Waals surface area (Å²) in [5.74, 6) is -5.09. The molecule has 1 amide bonds. The van der Waals surface area contributed by atoms with Crippen LogP contribution in [0.4, 0.5) is 0 Å². The summed E-state index contributed by atoms with van der Waals surface area (Å²) in [6.45, 7) is 4.20. The lowest BCUT2D eigenvalue weighted by atomic mass is 10.00. The van der Waals surface area contributed by atoms with Gasteiger partial charge in [-0.25, -0.2) is 14.8 Å². The fraction of sp³-hybridized carbons (Fsp3) is 0.440. The third-order valence-corrected chi connectivity index (χ3v) is 6.60. The summed E-state index contributed by atoms with van der Waals surface area (Å²) >= 11 is 1.25. The molecular weight excluding hydrogens is 518 g/mol. The van der Waals surface area contributed by atoms with Crippen LogP contribution in [-0.2, 0) is 28.6 Å². The van der Waals surface area contributed by atoms with Crippen LogP contribution >= 0.6 is 11.8 Å². The summed E-state index contributed by atoms with van der Waals surface area (Å²) in [7, 11) is 1.30. The van der Waals surface area contributed by atoms with E-state index in [1.54, 1.807) is 38.2 Å². The van der Waals surface area contributed by atoms with E-state index in [1.807, 2.05) is 0 Å². The van der Waals surface area contributed by atoms with E-state index >= 15 is 0 Å². The van der Waals surface area contributed by atoms with Gasteiger partial charge < -0.3 is 29.4 Å². The molecule has 3 heterocycles. The van der Waals surface area contributed by atoms with Gasteiger partial charge in [0.05, 0.1) is 18.1 Å². The Bertz CT molecular complexity index is 1160. The number of aromatic hydroxyl groups is 1. The number of nitrogens with one attached hydrogen (secondary N) is 1. The van der Waals surface area contributed by atoms with Crippen molar-refractivity contribution in [3.63, 3.8) is 0 Å². The van der Waals surface area contributed by atoms with Gasteiger partial charge in [0.2, 0.25) is 0 Å². The van der Waals surface area contributed by atoms with E-state index in [1.165, 1.54) is 38.1 Å². The second-order valence-corrected chi connectivity index (χ2v) is 9.69. The zero-order valence-corrected chi connectivity index (χ0v) is 22.1. The number of carbonyl (C=O) groups is 4. The quantitative estimate of drug-likeness (QED) is 0.280. The molecule has 0 aliphatic carbocycles. The number of esters is 3. The molecule has 38 heavy (non-hydrogen) atoms. The van der Waals surface area contributed by atoms with Crippen molar-refractivity contribution >= 4 is 35.6 Å². The number of aromatic nitrogens is 2. The van der Waals surface area contributed by atoms with E-state index in [-0.39, 0.29) is 11.5 Å². The maximum Gasteiger partial charge on any atom is 0.332 e. The fourth-order valence-electron chi connectivity index (χ4n) is 3.45. The van der Waals surface area contributed by atoms with Gasteiger partial charge in [-0.15, -0.1) is 11.8 Å². The highest BCUT2D eigenvalue weighted by Crippen LogP contribution is 2.29. The number of nitrogens with zero attached hydrogens (tertiary/aromatic N) is 2. The topological polar surface area (TPSA) is 163 Å². The van der Waals surface area contributed by atoms with Gasteiger partial charge in [0.15, 0.2) is 29.3 Å². The Kier molecular flexibility index (Phi) is 9.88. The van der Waals surface area contributed by atoms with E-state index in [9.17, 15) is 24.3 Å². The first kappa shape index (κ1) is 28.7. The molecule has 1 fully saturated rings. The molecule has 0 spiro atoms. The van der Waals surface area contributed by atoms with Crippen molar-refractivity contribution in [2.45, 2.75) is 44.0 Å².